The Labute approximate surface area is 153 Å². The van der Waals surface area contributed by atoms with Crippen molar-refractivity contribution >= 4 is 23.2 Å². The first-order chi connectivity index (χ1) is 12.4. The van der Waals surface area contributed by atoms with Crippen LogP contribution >= 0.6 is 11.8 Å². The Balaban J connectivity index is 1.81. The molecule has 1 aliphatic heterocycles. The van der Waals surface area contributed by atoms with Crippen LogP contribution in [0.2, 0.25) is 0 Å². The molecule has 0 fully saturated rings. The third-order valence-corrected chi connectivity index (χ3v) is 5.12. The Morgan fingerprint density at radius 1 is 1.23 bits per heavy atom. The molecule has 0 radical (unpaired) electrons. The van der Waals surface area contributed by atoms with Crippen LogP contribution in [0, 0.1) is 30.9 Å². The maximum atomic E-state index is 11.2. The molecule has 0 spiro atoms. The summed E-state index contributed by atoms with van der Waals surface area (Å²) in [5, 5.41) is 25.0. The number of hydrogen-bond donors (Lipinski definition) is 0. The highest BCUT2D eigenvalue weighted by Crippen LogP contribution is 2.32. The van der Waals surface area contributed by atoms with E-state index in [1.54, 1.807) is 23.7 Å². The molecule has 3 aromatic rings. The summed E-state index contributed by atoms with van der Waals surface area (Å²) in [6, 6.07) is 7.06. The van der Waals surface area contributed by atoms with Gasteiger partial charge in [0.2, 0.25) is 5.16 Å². The van der Waals surface area contributed by atoms with Crippen LogP contribution in [0.15, 0.2) is 38.9 Å². The summed E-state index contributed by atoms with van der Waals surface area (Å²) in [7, 11) is 0. The number of furan rings is 1. The molecule has 0 amide bonds. The van der Waals surface area contributed by atoms with Gasteiger partial charge in [-0.3, -0.25) is 10.1 Å². The molecule has 4 rings (SSSR count). The lowest BCUT2D eigenvalue weighted by molar-refractivity contribution is -0.385. The molecule has 2 aromatic heterocycles. The smallest absolute Gasteiger partial charge is 0.272 e. The van der Waals surface area contributed by atoms with E-state index in [2.05, 4.69) is 15.3 Å². The van der Waals surface area contributed by atoms with E-state index in [1.807, 2.05) is 26.0 Å². The number of nitro groups is 1. The molecule has 0 unspecified atom stereocenters. The summed E-state index contributed by atoms with van der Waals surface area (Å²) in [6.07, 6.45) is 0. The van der Waals surface area contributed by atoms with Crippen LogP contribution < -0.4 is 0 Å². The first-order valence-electron chi connectivity index (χ1n) is 7.93. The minimum Gasteiger partial charge on any atom is -0.466 e. The van der Waals surface area contributed by atoms with Crippen LogP contribution in [0.1, 0.15) is 22.6 Å². The van der Waals surface area contributed by atoms with Crippen molar-refractivity contribution in [3.63, 3.8) is 0 Å². The summed E-state index contributed by atoms with van der Waals surface area (Å²) in [5.74, 6) is 2.70. The van der Waals surface area contributed by atoms with E-state index in [9.17, 15) is 10.1 Å². The third kappa shape index (κ3) is 2.70. The van der Waals surface area contributed by atoms with Crippen LogP contribution in [-0.2, 0) is 0 Å². The molecule has 8 nitrogen and oxygen atoms in total. The van der Waals surface area contributed by atoms with Gasteiger partial charge < -0.3 is 4.42 Å². The fourth-order valence-corrected chi connectivity index (χ4v) is 3.71. The highest BCUT2D eigenvalue weighted by Gasteiger charge is 2.24. The standard InChI is InChI=1S/C17H15N5O3S/c1-9-4-5-12(7-15(9)22(23)24)14-8-26-17-19-18-16(21(17)20-14)13-6-10(2)25-11(13)3/h4-7H,8H2,1-3H3. The van der Waals surface area contributed by atoms with Gasteiger partial charge in [0, 0.05) is 22.9 Å². The fourth-order valence-electron chi connectivity index (χ4n) is 2.88. The van der Waals surface area contributed by atoms with Gasteiger partial charge in [0.25, 0.3) is 5.69 Å². The van der Waals surface area contributed by atoms with Gasteiger partial charge in [0.1, 0.15) is 11.5 Å². The Morgan fingerprint density at radius 3 is 2.73 bits per heavy atom. The van der Waals surface area contributed by atoms with Gasteiger partial charge in [-0.05, 0) is 26.8 Å². The minimum atomic E-state index is -0.372. The number of benzene rings is 1. The molecule has 9 heteroatoms. The Morgan fingerprint density at radius 2 is 2.04 bits per heavy atom. The SMILES string of the molecule is Cc1cc(-c2nnc3n2N=C(c2ccc(C)c([N+](=O)[O-])c2)CS3)c(C)o1. The van der Waals surface area contributed by atoms with E-state index in [0.717, 1.165) is 28.4 Å². The molecule has 0 saturated carbocycles. The average molecular weight is 369 g/mol. The molecule has 0 atom stereocenters. The highest BCUT2D eigenvalue weighted by molar-refractivity contribution is 7.99. The minimum absolute atomic E-state index is 0.0891. The number of hydrogen-bond acceptors (Lipinski definition) is 7. The van der Waals surface area contributed by atoms with E-state index in [-0.39, 0.29) is 10.6 Å². The van der Waals surface area contributed by atoms with Crippen molar-refractivity contribution in [2.75, 3.05) is 5.75 Å². The van der Waals surface area contributed by atoms with E-state index < -0.39 is 0 Å². The number of thioether (sulfide) groups is 1. The van der Waals surface area contributed by atoms with Crippen molar-refractivity contribution in [3.8, 4) is 11.4 Å². The van der Waals surface area contributed by atoms with Crippen molar-refractivity contribution in [2.45, 2.75) is 25.9 Å². The Hall–Kier alpha value is -2.94. The van der Waals surface area contributed by atoms with Gasteiger partial charge in [-0.2, -0.15) is 9.78 Å². The maximum Gasteiger partial charge on any atom is 0.272 e. The van der Waals surface area contributed by atoms with E-state index in [0.29, 0.717) is 22.3 Å². The summed E-state index contributed by atoms with van der Waals surface area (Å²) in [4.78, 5) is 10.8. The van der Waals surface area contributed by atoms with Crippen LogP contribution in [0.4, 0.5) is 5.69 Å². The largest absolute Gasteiger partial charge is 0.466 e. The van der Waals surface area contributed by atoms with Crippen molar-refractivity contribution in [1.29, 1.82) is 0 Å². The molecule has 26 heavy (non-hydrogen) atoms. The van der Waals surface area contributed by atoms with Gasteiger partial charge in [-0.15, -0.1) is 10.2 Å². The number of aromatic nitrogens is 3. The molecule has 132 valence electrons. The predicted molar refractivity (Wildman–Crippen MR) is 97.7 cm³/mol. The number of nitro benzene ring substituents is 1. The normalized spacial score (nSPS) is 13.4. The lowest BCUT2D eigenvalue weighted by atomic mass is 10.1. The van der Waals surface area contributed by atoms with E-state index in [4.69, 9.17) is 4.42 Å². The summed E-state index contributed by atoms with van der Waals surface area (Å²) in [5.41, 5.74) is 3.01. The zero-order valence-corrected chi connectivity index (χ0v) is 15.2. The lowest BCUT2D eigenvalue weighted by Crippen LogP contribution is -2.14. The first-order valence-corrected chi connectivity index (χ1v) is 8.91. The summed E-state index contributed by atoms with van der Waals surface area (Å²) >= 11 is 1.50. The highest BCUT2D eigenvalue weighted by atomic mass is 32.2. The van der Waals surface area contributed by atoms with Gasteiger partial charge in [-0.1, -0.05) is 23.9 Å². The van der Waals surface area contributed by atoms with Crippen molar-refractivity contribution < 1.29 is 9.34 Å². The van der Waals surface area contributed by atoms with Crippen molar-refractivity contribution in [1.82, 2.24) is 14.9 Å². The Bertz CT molecular complexity index is 1070. The van der Waals surface area contributed by atoms with Gasteiger partial charge in [0.05, 0.1) is 16.2 Å². The summed E-state index contributed by atoms with van der Waals surface area (Å²) in [6.45, 7) is 5.46. The molecule has 1 aliphatic rings. The molecule has 0 bridgehead atoms. The average Bonchev–Trinajstić information content (AvgIpc) is 3.16. The van der Waals surface area contributed by atoms with Gasteiger partial charge in [-0.25, -0.2) is 0 Å². The Kier molecular flexibility index (Phi) is 3.87. The fraction of sp³-hybridized carbons (Fsp3) is 0.235. The molecule has 0 aliphatic carbocycles. The monoisotopic (exact) mass is 369 g/mol. The van der Waals surface area contributed by atoms with Crippen molar-refractivity contribution in [3.05, 3.63) is 57.0 Å². The number of fused-ring (bicyclic) bond motifs is 1. The van der Waals surface area contributed by atoms with E-state index in [1.165, 1.54) is 11.8 Å². The second-order valence-corrected chi connectivity index (χ2v) is 6.98. The van der Waals surface area contributed by atoms with E-state index >= 15 is 0 Å². The predicted octanol–water partition coefficient (Wildman–Crippen LogP) is 3.73. The first kappa shape index (κ1) is 16.5. The number of nitrogens with zero attached hydrogens (tertiary/aromatic N) is 5. The van der Waals surface area contributed by atoms with Crippen molar-refractivity contribution in [2.24, 2.45) is 5.10 Å². The lowest BCUT2D eigenvalue weighted by Gasteiger charge is -2.14. The number of aryl methyl sites for hydroxylation is 3. The molecular weight excluding hydrogens is 354 g/mol. The third-order valence-electron chi connectivity index (χ3n) is 4.19. The molecule has 0 N–H and O–H groups in total. The van der Waals surface area contributed by atoms with Crippen LogP contribution in [0.25, 0.3) is 11.4 Å². The second kappa shape index (κ2) is 6.10. The second-order valence-electron chi connectivity index (χ2n) is 6.04. The quantitative estimate of drug-likeness (QED) is 0.515. The molecular formula is C17H15N5O3S. The van der Waals surface area contributed by atoms with Crippen LogP contribution in [0.5, 0.6) is 0 Å². The van der Waals surface area contributed by atoms with Crippen LogP contribution in [0.3, 0.4) is 0 Å². The van der Waals surface area contributed by atoms with Gasteiger partial charge in [0.15, 0.2) is 5.82 Å². The molecule has 3 heterocycles. The zero-order valence-electron chi connectivity index (χ0n) is 14.4. The molecule has 1 aromatic carbocycles. The summed E-state index contributed by atoms with van der Waals surface area (Å²) < 4.78 is 7.26. The number of rotatable bonds is 3. The zero-order chi connectivity index (χ0) is 18.4. The van der Waals surface area contributed by atoms with Crippen LogP contribution in [-0.4, -0.2) is 31.3 Å². The molecule has 0 saturated heterocycles. The van der Waals surface area contributed by atoms with Gasteiger partial charge >= 0.3 is 0 Å². The maximum absolute atomic E-state index is 11.2. The topological polar surface area (TPSA) is 99.3 Å².